The fourth-order valence-electron chi connectivity index (χ4n) is 3.75. The Morgan fingerprint density at radius 3 is 2.81 bits per heavy atom. The van der Waals surface area contributed by atoms with Gasteiger partial charge in [0.2, 0.25) is 0 Å². The van der Waals surface area contributed by atoms with Gasteiger partial charge >= 0.3 is 6.09 Å². The predicted molar refractivity (Wildman–Crippen MR) is 106 cm³/mol. The summed E-state index contributed by atoms with van der Waals surface area (Å²) in [5.74, 6) is 0.340. The molecule has 1 aromatic carbocycles. The molecule has 0 aromatic heterocycles. The molecule has 4 heteroatoms. The molecule has 0 radical (unpaired) electrons. The van der Waals surface area contributed by atoms with Crippen LogP contribution < -0.4 is 5.32 Å². The number of carbonyl (C=O) groups is 1. The monoisotopic (exact) mass is 361 g/mol. The quantitative estimate of drug-likeness (QED) is 0.597. The van der Waals surface area contributed by atoms with Crippen molar-refractivity contribution in [3.63, 3.8) is 0 Å². The van der Waals surface area contributed by atoms with Crippen LogP contribution in [0, 0.1) is 0 Å². The lowest BCUT2D eigenvalue weighted by atomic mass is 9.85. The maximum absolute atomic E-state index is 11.4. The molecule has 26 heavy (non-hydrogen) atoms. The molecule has 2 rings (SSSR count). The molecule has 0 heterocycles. The number of aryl methyl sites for hydroxylation is 1. The highest BCUT2D eigenvalue weighted by atomic mass is 16.5. The minimum Gasteiger partial charge on any atom is -0.453 e. The highest BCUT2D eigenvalue weighted by Crippen LogP contribution is 2.29. The zero-order chi connectivity index (χ0) is 18.8. The lowest BCUT2D eigenvalue weighted by molar-refractivity contribution is 0.0419. The Labute approximate surface area is 158 Å². The number of hydrogen-bond donors (Lipinski definition) is 1. The summed E-state index contributed by atoms with van der Waals surface area (Å²) in [6.45, 7) is 5.93. The molecule has 146 valence electrons. The standard InChI is InChI=1S/C22H35NO3/c1-4-6-7-13-26-21-12-11-17-14-18(9-10-19(17)15-21)20(8-5-2)16-23-22(24)25-3/h9-10,14,20-21H,4-8,11-13,15-16H2,1-3H3,(H,23,24). The summed E-state index contributed by atoms with van der Waals surface area (Å²) >= 11 is 0. The van der Waals surface area contributed by atoms with Gasteiger partial charge in [-0.1, -0.05) is 51.3 Å². The highest BCUT2D eigenvalue weighted by Gasteiger charge is 2.21. The Balaban J connectivity index is 1.95. The van der Waals surface area contributed by atoms with Crippen LogP contribution in [0.25, 0.3) is 0 Å². The Morgan fingerprint density at radius 2 is 2.08 bits per heavy atom. The van der Waals surface area contributed by atoms with E-state index in [1.54, 1.807) is 0 Å². The Morgan fingerprint density at radius 1 is 1.23 bits per heavy atom. The number of alkyl carbamates (subject to hydrolysis) is 1. The molecular weight excluding hydrogens is 326 g/mol. The van der Waals surface area contributed by atoms with Crippen molar-refractivity contribution in [3.05, 3.63) is 34.9 Å². The zero-order valence-corrected chi connectivity index (χ0v) is 16.7. The van der Waals surface area contributed by atoms with Crippen LogP contribution in [0.2, 0.25) is 0 Å². The largest absolute Gasteiger partial charge is 0.453 e. The first-order valence-corrected chi connectivity index (χ1v) is 10.2. The molecule has 1 aromatic rings. The number of fused-ring (bicyclic) bond motifs is 1. The normalized spacial score (nSPS) is 17.4. The highest BCUT2D eigenvalue weighted by molar-refractivity contribution is 5.66. The number of nitrogens with one attached hydrogen (secondary N) is 1. The molecule has 0 fully saturated rings. The fourth-order valence-corrected chi connectivity index (χ4v) is 3.75. The van der Waals surface area contributed by atoms with E-state index in [0.717, 1.165) is 38.7 Å². The van der Waals surface area contributed by atoms with Crippen molar-refractivity contribution in [2.75, 3.05) is 20.3 Å². The molecule has 0 saturated carbocycles. The fraction of sp³-hybridized carbons (Fsp3) is 0.682. The summed E-state index contributed by atoms with van der Waals surface area (Å²) in [5, 5.41) is 2.86. The van der Waals surface area contributed by atoms with E-state index in [9.17, 15) is 4.79 Å². The summed E-state index contributed by atoms with van der Waals surface area (Å²) in [6.07, 6.45) is 9.07. The molecule has 1 aliphatic carbocycles. The number of hydrogen-bond acceptors (Lipinski definition) is 3. The van der Waals surface area contributed by atoms with E-state index >= 15 is 0 Å². The van der Waals surface area contributed by atoms with E-state index < -0.39 is 0 Å². The molecule has 1 aliphatic rings. The molecule has 2 atom stereocenters. The summed E-state index contributed by atoms with van der Waals surface area (Å²) in [7, 11) is 1.41. The predicted octanol–water partition coefficient (Wildman–Crippen LogP) is 4.99. The first-order valence-electron chi connectivity index (χ1n) is 10.2. The van der Waals surface area contributed by atoms with Crippen LogP contribution in [0.4, 0.5) is 4.79 Å². The Hall–Kier alpha value is -1.55. The van der Waals surface area contributed by atoms with E-state index in [4.69, 9.17) is 9.47 Å². The van der Waals surface area contributed by atoms with Gasteiger partial charge in [-0.25, -0.2) is 4.79 Å². The molecular formula is C22H35NO3. The summed E-state index contributed by atoms with van der Waals surface area (Å²) in [4.78, 5) is 11.4. The number of unbranched alkanes of at least 4 members (excludes halogenated alkanes) is 2. The van der Waals surface area contributed by atoms with Gasteiger partial charge in [0.25, 0.3) is 0 Å². The van der Waals surface area contributed by atoms with E-state index in [0.29, 0.717) is 18.6 Å². The van der Waals surface area contributed by atoms with Crippen LogP contribution in [0.1, 0.15) is 75.0 Å². The third-order valence-electron chi connectivity index (χ3n) is 5.30. The number of ether oxygens (including phenoxy) is 2. The van der Waals surface area contributed by atoms with Crippen LogP contribution in [0.5, 0.6) is 0 Å². The van der Waals surface area contributed by atoms with E-state index in [1.165, 1.54) is 43.1 Å². The average molecular weight is 362 g/mol. The van der Waals surface area contributed by atoms with Crippen molar-refractivity contribution in [1.82, 2.24) is 5.32 Å². The number of rotatable bonds is 10. The molecule has 1 amide bonds. The summed E-state index contributed by atoms with van der Waals surface area (Å²) in [6, 6.07) is 6.85. The van der Waals surface area contributed by atoms with Crippen molar-refractivity contribution in [1.29, 1.82) is 0 Å². The van der Waals surface area contributed by atoms with E-state index in [1.807, 2.05) is 0 Å². The van der Waals surface area contributed by atoms with Gasteiger partial charge in [0.1, 0.15) is 0 Å². The molecule has 2 unspecified atom stereocenters. The number of methoxy groups -OCH3 is 1. The van der Waals surface area contributed by atoms with Gasteiger partial charge < -0.3 is 14.8 Å². The van der Waals surface area contributed by atoms with Gasteiger partial charge in [-0.15, -0.1) is 0 Å². The van der Waals surface area contributed by atoms with Crippen molar-refractivity contribution in [3.8, 4) is 0 Å². The molecule has 4 nitrogen and oxygen atoms in total. The molecule has 0 spiro atoms. The second-order valence-electron chi connectivity index (χ2n) is 7.33. The minimum atomic E-state index is -0.355. The van der Waals surface area contributed by atoms with E-state index in [2.05, 4.69) is 37.4 Å². The van der Waals surface area contributed by atoms with Crippen molar-refractivity contribution in [2.24, 2.45) is 0 Å². The average Bonchev–Trinajstić information content (AvgIpc) is 2.67. The first-order chi connectivity index (χ1) is 12.7. The van der Waals surface area contributed by atoms with Crippen molar-refractivity contribution < 1.29 is 14.3 Å². The lowest BCUT2D eigenvalue weighted by Crippen LogP contribution is -2.28. The van der Waals surface area contributed by atoms with Crippen LogP contribution in [0.15, 0.2) is 18.2 Å². The molecule has 1 N–H and O–H groups in total. The van der Waals surface area contributed by atoms with Gasteiger partial charge in [0, 0.05) is 19.1 Å². The molecule has 0 aliphatic heterocycles. The summed E-state index contributed by atoms with van der Waals surface area (Å²) in [5.41, 5.74) is 4.20. The van der Waals surface area contributed by atoms with Crippen molar-refractivity contribution >= 4 is 6.09 Å². The van der Waals surface area contributed by atoms with Crippen LogP contribution >= 0.6 is 0 Å². The Bertz CT molecular complexity index is 558. The lowest BCUT2D eigenvalue weighted by Gasteiger charge is -2.26. The minimum absolute atomic E-state index is 0.340. The zero-order valence-electron chi connectivity index (χ0n) is 16.7. The Kier molecular flexibility index (Phi) is 8.96. The number of benzene rings is 1. The van der Waals surface area contributed by atoms with Crippen molar-refractivity contribution in [2.45, 2.75) is 77.2 Å². The van der Waals surface area contributed by atoms with Gasteiger partial charge in [-0.3, -0.25) is 0 Å². The molecule has 0 saturated heterocycles. The maximum Gasteiger partial charge on any atom is 0.406 e. The molecule has 0 bridgehead atoms. The van der Waals surface area contributed by atoms with Crippen LogP contribution in [-0.2, 0) is 22.3 Å². The van der Waals surface area contributed by atoms with Gasteiger partial charge in [0.05, 0.1) is 13.2 Å². The SMILES string of the molecule is CCCCCOC1CCc2cc(C(CCC)CNC(=O)OC)ccc2C1. The number of carbonyl (C=O) groups excluding carboxylic acids is 1. The maximum atomic E-state index is 11.4. The van der Waals surface area contributed by atoms with Gasteiger partial charge in [-0.2, -0.15) is 0 Å². The summed E-state index contributed by atoms with van der Waals surface area (Å²) < 4.78 is 10.8. The van der Waals surface area contributed by atoms with Gasteiger partial charge in [0.15, 0.2) is 0 Å². The van der Waals surface area contributed by atoms with Crippen LogP contribution in [-0.4, -0.2) is 32.5 Å². The third kappa shape index (κ3) is 6.31. The second-order valence-corrected chi connectivity index (χ2v) is 7.33. The van der Waals surface area contributed by atoms with E-state index in [-0.39, 0.29) is 6.09 Å². The first kappa shape index (κ1) is 20.8. The number of amides is 1. The van der Waals surface area contributed by atoms with Gasteiger partial charge in [-0.05, 0) is 48.8 Å². The second kappa shape index (κ2) is 11.2. The van der Waals surface area contributed by atoms with Crippen LogP contribution in [0.3, 0.4) is 0 Å². The third-order valence-corrected chi connectivity index (χ3v) is 5.30. The smallest absolute Gasteiger partial charge is 0.406 e. The topological polar surface area (TPSA) is 47.6 Å².